The molecule has 1 fully saturated rings. The van der Waals surface area contributed by atoms with Gasteiger partial charge >= 0.3 is 5.97 Å². The summed E-state index contributed by atoms with van der Waals surface area (Å²) in [6.07, 6.45) is -0.901. The molecule has 0 amide bonds. The number of rotatable bonds is 8. The first kappa shape index (κ1) is 20.4. The van der Waals surface area contributed by atoms with Gasteiger partial charge in [0.25, 0.3) is 0 Å². The Kier molecular flexibility index (Phi) is 6.39. The van der Waals surface area contributed by atoms with E-state index in [1.54, 1.807) is 0 Å². The minimum Gasteiger partial charge on any atom is -0.464 e. The van der Waals surface area contributed by atoms with Gasteiger partial charge in [0.2, 0.25) is 0 Å². The highest BCUT2D eigenvalue weighted by atomic mass is 16.6. The summed E-state index contributed by atoms with van der Waals surface area (Å²) >= 11 is 0. The number of unbranched alkanes of at least 4 members (excludes halogenated alkanes) is 3. The van der Waals surface area contributed by atoms with Crippen molar-refractivity contribution in [2.24, 2.45) is 0 Å². The molecule has 28 heavy (non-hydrogen) atoms. The number of imidazole rings is 1. The predicted octanol–water partition coefficient (Wildman–Crippen LogP) is -0.488. The number of aliphatic hydroxyl groups is 3. The first-order chi connectivity index (χ1) is 13.5. The summed E-state index contributed by atoms with van der Waals surface area (Å²) in [5, 5.41) is 30.9. The van der Waals surface area contributed by atoms with Gasteiger partial charge in [0, 0.05) is 0 Å². The van der Waals surface area contributed by atoms with E-state index in [9.17, 15) is 20.1 Å². The maximum atomic E-state index is 12.1. The van der Waals surface area contributed by atoms with Crippen molar-refractivity contribution in [2.45, 2.75) is 63.3 Å². The second-order valence-corrected chi connectivity index (χ2v) is 6.73. The summed E-state index contributed by atoms with van der Waals surface area (Å²) in [6.45, 7) is 2.24. The molecule has 5 atom stereocenters. The number of ether oxygens (including phenoxy) is 2. The summed E-state index contributed by atoms with van der Waals surface area (Å²) < 4.78 is 12.0. The highest BCUT2D eigenvalue weighted by molar-refractivity contribution is 5.81. The molecule has 3 heterocycles. The van der Waals surface area contributed by atoms with Crippen molar-refractivity contribution in [2.75, 3.05) is 12.3 Å². The van der Waals surface area contributed by atoms with Gasteiger partial charge in [-0.1, -0.05) is 26.2 Å². The molecular weight excluding hydrogens is 370 g/mol. The van der Waals surface area contributed by atoms with Crippen LogP contribution in [-0.4, -0.2) is 71.8 Å². The second-order valence-electron chi connectivity index (χ2n) is 6.73. The molecule has 0 aromatic carbocycles. The number of esters is 1. The van der Waals surface area contributed by atoms with Crippen LogP contribution in [0.3, 0.4) is 0 Å². The van der Waals surface area contributed by atoms with E-state index < -0.39 is 36.6 Å². The lowest BCUT2D eigenvalue weighted by atomic mass is 10.1. The lowest BCUT2D eigenvalue weighted by molar-refractivity contribution is -0.166. The average molecular weight is 395 g/mol. The molecular formula is C17H25N5O6. The molecule has 0 saturated carbocycles. The first-order valence-electron chi connectivity index (χ1n) is 9.25. The van der Waals surface area contributed by atoms with Crippen LogP contribution < -0.4 is 5.73 Å². The van der Waals surface area contributed by atoms with Gasteiger partial charge in [-0.3, -0.25) is 4.57 Å². The van der Waals surface area contributed by atoms with Gasteiger partial charge < -0.3 is 30.5 Å². The summed E-state index contributed by atoms with van der Waals surface area (Å²) in [5.41, 5.74) is 6.34. The molecule has 0 aliphatic carbocycles. The lowest BCUT2D eigenvalue weighted by Gasteiger charge is -2.19. The molecule has 2 aromatic rings. The quantitative estimate of drug-likeness (QED) is 0.338. The third-order valence-corrected chi connectivity index (χ3v) is 4.73. The molecule has 5 N–H and O–H groups in total. The minimum absolute atomic E-state index is 0.153. The third kappa shape index (κ3) is 3.92. The molecule has 0 radical (unpaired) electrons. The number of nitrogens with zero attached hydrogens (tertiary/aromatic N) is 4. The zero-order valence-corrected chi connectivity index (χ0v) is 15.5. The Morgan fingerprint density at radius 3 is 2.82 bits per heavy atom. The van der Waals surface area contributed by atoms with Crippen molar-refractivity contribution < 1.29 is 29.6 Å². The Bertz CT molecular complexity index is 814. The minimum atomic E-state index is -1.74. The second kappa shape index (κ2) is 8.78. The van der Waals surface area contributed by atoms with Gasteiger partial charge in [-0.2, -0.15) is 0 Å². The van der Waals surface area contributed by atoms with Crippen molar-refractivity contribution in [1.82, 2.24) is 19.5 Å². The molecule has 3 rings (SSSR count). The Morgan fingerprint density at radius 1 is 1.29 bits per heavy atom. The predicted molar refractivity (Wildman–Crippen MR) is 96.8 cm³/mol. The smallest absolute Gasteiger partial charge is 0.337 e. The van der Waals surface area contributed by atoms with Crippen molar-refractivity contribution in [1.29, 1.82) is 0 Å². The largest absolute Gasteiger partial charge is 0.464 e. The summed E-state index contributed by atoms with van der Waals surface area (Å²) in [5.74, 6) is -0.754. The van der Waals surface area contributed by atoms with Gasteiger partial charge in [-0.15, -0.1) is 0 Å². The number of hydrogen-bond donors (Lipinski definition) is 4. The fourth-order valence-electron chi connectivity index (χ4n) is 3.15. The van der Waals surface area contributed by atoms with Crippen molar-refractivity contribution in [3.63, 3.8) is 0 Å². The maximum absolute atomic E-state index is 12.1. The number of nitrogens with two attached hydrogens (primary N) is 1. The Morgan fingerprint density at radius 2 is 2.07 bits per heavy atom. The lowest BCUT2D eigenvalue weighted by Crippen LogP contribution is -2.43. The van der Waals surface area contributed by atoms with Crippen LogP contribution in [0.2, 0.25) is 0 Å². The number of aromatic nitrogens is 4. The fraction of sp³-hybridized carbons (Fsp3) is 0.647. The van der Waals surface area contributed by atoms with Crippen LogP contribution in [0.15, 0.2) is 12.7 Å². The van der Waals surface area contributed by atoms with Crippen molar-refractivity contribution in [3.8, 4) is 0 Å². The highest BCUT2D eigenvalue weighted by Gasteiger charge is 2.49. The van der Waals surface area contributed by atoms with Crippen LogP contribution in [0, 0.1) is 0 Å². The third-order valence-electron chi connectivity index (χ3n) is 4.73. The van der Waals surface area contributed by atoms with Crippen molar-refractivity contribution in [3.05, 3.63) is 12.7 Å². The van der Waals surface area contributed by atoms with E-state index in [1.165, 1.54) is 17.2 Å². The van der Waals surface area contributed by atoms with E-state index in [-0.39, 0.29) is 18.1 Å². The molecule has 2 aromatic heterocycles. The highest BCUT2D eigenvalue weighted by Crippen LogP contribution is 2.33. The number of carbonyl (C=O) groups is 1. The molecule has 0 spiro atoms. The van der Waals surface area contributed by atoms with Gasteiger partial charge in [-0.25, -0.2) is 19.7 Å². The van der Waals surface area contributed by atoms with Gasteiger partial charge in [0.15, 0.2) is 23.8 Å². The van der Waals surface area contributed by atoms with E-state index in [4.69, 9.17) is 15.2 Å². The van der Waals surface area contributed by atoms with Crippen molar-refractivity contribution >= 4 is 23.0 Å². The van der Waals surface area contributed by atoms with E-state index >= 15 is 0 Å². The number of fused-ring (bicyclic) bond motifs is 1. The molecule has 11 nitrogen and oxygen atoms in total. The molecule has 1 unspecified atom stereocenters. The molecule has 1 saturated heterocycles. The Balaban J connectivity index is 1.68. The van der Waals surface area contributed by atoms with Crippen LogP contribution in [0.1, 0.15) is 38.8 Å². The topological polar surface area (TPSA) is 166 Å². The van der Waals surface area contributed by atoms with E-state index in [2.05, 4.69) is 21.9 Å². The zero-order valence-electron chi connectivity index (χ0n) is 15.5. The summed E-state index contributed by atoms with van der Waals surface area (Å²) in [6, 6.07) is 0. The van der Waals surface area contributed by atoms with Crippen LogP contribution in [0.4, 0.5) is 5.82 Å². The summed E-state index contributed by atoms with van der Waals surface area (Å²) in [4.78, 5) is 24.0. The van der Waals surface area contributed by atoms with E-state index in [0.29, 0.717) is 11.9 Å². The molecule has 154 valence electrons. The van der Waals surface area contributed by atoms with Gasteiger partial charge in [0.05, 0.1) is 12.9 Å². The first-order valence-corrected chi connectivity index (χ1v) is 9.25. The van der Waals surface area contributed by atoms with Crippen LogP contribution in [-0.2, 0) is 14.3 Å². The standard InChI is InChI=1S/C17H25N5O6/c1-2-3-4-5-6-27-17(26)12(25)13-10(23)11(24)16(28-13)22-8-21-9-14(18)19-7-20-15(9)22/h7-8,10-13,16,23-25H,2-6H2,1H3,(H2,18,19,20)/t10-,11+,12?,13-,16+/m0/s1. The summed E-state index contributed by atoms with van der Waals surface area (Å²) in [7, 11) is 0. The Hall–Kier alpha value is -2.34. The SMILES string of the molecule is CCCCCCOC(=O)C(O)[C@H]1O[C@@H](n2cnc3c(N)ncnc32)[C@H](O)[C@@H]1O. The number of anilines is 1. The van der Waals surface area contributed by atoms with E-state index in [1.807, 2.05) is 0 Å². The van der Waals surface area contributed by atoms with Gasteiger partial charge in [0.1, 0.15) is 30.2 Å². The number of hydrogen-bond acceptors (Lipinski definition) is 10. The molecule has 11 heteroatoms. The average Bonchev–Trinajstić information content (AvgIpc) is 3.23. The maximum Gasteiger partial charge on any atom is 0.337 e. The van der Waals surface area contributed by atoms with Crippen LogP contribution in [0.5, 0.6) is 0 Å². The number of carbonyl (C=O) groups excluding carboxylic acids is 1. The molecule has 1 aliphatic heterocycles. The monoisotopic (exact) mass is 395 g/mol. The zero-order chi connectivity index (χ0) is 20.3. The number of aliphatic hydroxyl groups excluding tert-OH is 3. The normalized spacial score (nSPS) is 25.9. The fourth-order valence-corrected chi connectivity index (χ4v) is 3.15. The Labute approximate surface area is 161 Å². The van der Waals surface area contributed by atoms with Crippen LogP contribution in [0.25, 0.3) is 11.2 Å². The van der Waals surface area contributed by atoms with E-state index in [0.717, 1.165) is 19.3 Å². The molecule has 1 aliphatic rings. The molecule has 0 bridgehead atoms. The number of nitrogen functional groups attached to an aromatic ring is 1. The van der Waals surface area contributed by atoms with Crippen LogP contribution >= 0.6 is 0 Å². The van der Waals surface area contributed by atoms with Gasteiger partial charge in [-0.05, 0) is 6.42 Å².